The first-order valence-corrected chi connectivity index (χ1v) is 7.56. The summed E-state index contributed by atoms with van der Waals surface area (Å²) < 4.78 is 3.94. The van der Waals surface area contributed by atoms with E-state index in [9.17, 15) is 4.79 Å². The molecule has 0 aliphatic carbocycles. The summed E-state index contributed by atoms with van der Waals surface area (Å²) in [4.78, 5) is 11.9. The van der Waals surface area contributed by atoms with E-state index in [1.165, 1.54) is 10.9 Å². The summed E-state index contributed by atoms with van der Waals surface area (Å²) >= 11 is 10.2. The van der Waals surface area contributed by atoms with E-state index >= 15 is 0 Å². The van der Waals surface area contributed by atoms with Crippen LogP contribution < -0.4 is 11.1 Å². The van der Waals surface area contributed by atoms with Crippen LogP contribution in [0.4, 0.5) is 11.4 Å². The molecule has 0 aliphatic heterocycles. The normalized spacial score (nSPS) is 10.5. The molecule has 5 nitrogen and oxygen atoms in total. The minimum Gasteiger partial charge on any atom is -0.396 e. The van der Waals surface area contributed by atoms with E-state index in [0.29, 0.717) is 11.4 Å². The lowest BCUT2D eigenvalue weighted by molar-refractivity contribution is -0.116. The van der Waals surface area contributed by atoms with Gasteiger partial charge in [-0.05, 0) is 44.0 Å². The number of benzene rings is 1. The number of nitrogens with two attached hydrogens (primary N) is 1. The Balaban J connectivity index is 2.11. The van der Waals surface area contributed by atoms with Gasteiger partial charge >= 0.3 is 0 Å². The van der Waals surface area contributed by atoms with Crippen LogP contribution in [0.1, 0.15) is 0 Å². The lowest BCUT2D eigenvalue weighted by Crippen LogP contribution is -2.19. The van der Waals surface area contributed by atoms with Crippen LogP contribution in [0.2, 0.25) is 0 Å². The number of anilines is 2. The maximum absolute atomic E-state index is 11.9. The molecule has 0 radical (unpaired) electrons. The third-order valence-electron chi connectivity index (χ3n) is 2.23. The standard InChI is InChI=1S/C11H9Br3N4O/c12-6-1-8(13)11(9(14)2-6)17-10(19)5-18-4-7(15)3-16-18/h1-4H,5,15H2,(H,17,19). The average Bonchev–Trinajstić information content (AvgIpc) is 2.69. The van der Waals surface area contributed by atoms with Gasteiger partial charge in [0.1, 0.15) is 6.54 Å². The van der Waals surface area contributed by atoms with Gasteiger partial charge in [-0.25, -0.2) is 0 Å². The number of halogens is 3. The quantitative estimate of drug-likeness (QED) is 0.749. The van der Waals surface area contributed by atoms with Crippen molar-refractivity contribution in [1.29, 1.82) is 0 Å². The van der Waals surface area contributed by atoms with Crippen LogP contribution in [0.3, 0.4) is 0 Å². The van der Waals surface area contributed by atoms with Gasteiger partial charge in [0.15, 0.2) is 0 Å². The minimum absolute atomic E-state index is 0.103. The Hall–Kier alpha value is -0.860. The van der Waals surface area contributed by atoms with Gasteiger partial charge in [-0.1, -0.05) is 15.9 Å². The van der Waals surface area contributed by atoms with Crippen LogP contribution in [0.15, 0.2) is 37.9 Å². The smallest absolute Gasteiger partial charge is 0.246 e. The summed E-state index contributed by atoms with van der Waals surface area (Å²) in [5.41, 5.74) is 6.74. The highest BCUT2D eigenvalue weighted by Gasteiger charge is 2.11. The summed E-state index contributed by atoms with van der Waals surface area (Å²) in [5, 5.41) is 6.76. The minimum atomic E-state index is -0.188. The van der Waals surface area contributed by atoms with Gasteiger partial charge in [0, 0.05) is 19.6 Å². The zero-order chi connectivity index (χ0) is 14.0. The zero-order valence-corrected chi connectivity index (χ0v) is 14.3. The van der Waals surface area contributed by atoms with E-state index in [1.54, 1.807) is 6.20 Å². The molecule has 2 aromatic rings. The van der Waals surface area contributed by atoms with Gasteiger partial charge in [0.05, 0.1) is 17.6 Å². The monoisotopic (exact) mass is 450 g/mol. The Bertz CT molecular complexity index is 603. The summed E-state index contributed by atoms with van der Waals surface area (Å²) in [6, 6.07) is 3.71. The van der Waals surface area contributed by atoms with Crippen molar-refractivity contribution in [2.24, 2.45) is 0 Å². The summed E-state index contributed by atoms with van der Waals surface area (Å²) in [6.45, 7) is 0.103. The fourth-order valence-corrected chi connectivity index (χ4v) is 3.91. The topological polar surface area (TPSA) is 72.9 Å². The van der Waals surface area contributed by atoms with Crippen LogP contribution in [0, 0.1) is 0 Å². The number of nitrogen functional groups attached to an aromatic ring is 1. The van der Waals surface area contributed by atoms with Crippen molar-refractivity contribution >= 4 is 65.1 Å². The molecule has 100 valence electrons. The van der Waals surface area contributed by atoms with Crippen molar-refractivity contribution in [3.63, 3.8) is 0 Å². The Morgan fingerprint density at radius 1 is 1.32 bits per heavy atom. The van der Waals surface area contributed by atoms with Crippen LogP contribution >= 0.6 is 47.8 Å². The predicted octanol–water partition coefficient (Wildman–Crippen LogP) is 3.39. The fraction of sp³-hybridized carbons (Fsp3) is 0.0909. The average molecular weight is 453 g/mol. The number of rotatable bonds is 3. The van der Waals surface area contributed by atoms with Gasteiger partial charge in [0.2, 0.25) is 5.91 Å². The highest BCUT2D eigenvalue weighted by Crippen LogP contribution is 2.34. The van der Waals surface area contributed by atoms with E-state index in [-0.39, 0.29) is 12.5 Å². The molecule has 19 heavy (non-hydrogen) atoms. The molecule has 0 saturated carbocycles. The van der Waals surface area contributed by atoms with Crippen molar-refractivity contribution in [3.05, 3.63) is 37.9 Å². The van der Waals surface area contributed by atoms with Crippen molar-refractivity contribution in [3.8, 4) is 0 Å². The molecule has 2 rings (SSSR count). The molecule has 0 bridgehead atoms. The Morgan fingerprint density at radius 3 is 2.47 bits per heavy atom. The Labute approximate surface area is 134 Å². The van der Waals surface area contributed by atoms with E-state index < -0.39 is 0 Å². The molecule has 1 heterocycles. The number of aromatic nitrogens is 2. The van der Waals surface area contributed by atoms with Crippen molar-refractivity contribution in [2.75, 3.05) is 11.1 Å². The molecule has 0 atom stereocenters. The second-order valence-electron chi connectivity index (χ2n) is 3.76. The van der Waals surface area contributed by atoms with Crippen LogP contribution in [-0.4, -0.2) is 15.7 Å². The van der Waals surface area contributed by atoms with Gasteiger partial charge in [-0.3, -0.25) is 9.48 Å². The highest BCUT2D eigenvalue weighted by atomic mass is 79.9. The first-order valence-electron chi connectivity index (χ1n) is 5.18. The van der Waals surface area contributed by atoms with Crippen LogP contribution in [0.25, 0.3) is 0 Å². The van der Waals surface area contributed by atoms with E-state index in [0.717, 1.165) is 13.4 Å². The molecule has 0 saturated heterocycles. The number of nitrogens with one attached hydrogen (secondary N) is 1. The van der Waals surface area contributed by atoms with Crippen LogP contribution in [0.5, 0.6) is 0 Å². The van der Waals surface area contributed by atoms with Gasteiger partial charge in [-0.15, -0.1) is 0 Å². The largest absolute Gasteiger partial charge is 0.396 e. The zero-order valence-electron chi connectivity index (χ0n) is 9.53. The maximum Gasteiger partial charge on any atom is 0.246 e. The first-order chi connectivity index (χ1) is 8.95. The summed E-state index contributed by atoms with van der Waals surface area (Å²) in [7, 11) is 0. The molecular formula is C11H9Br3N4O. The fourth-order valence-electron chi connectivity index (χ4n) is 1.45. The van der Waals surface area contributed by atoms with Crippen molar-refractivity contribution in [2.45, 2.75) is 6.54 Å². The Morgan fingerprint density at radius 2 is 1.95 bits per heavy atom. The third kappa shape index (κ3) is 3.80. The lowest BCUT2D eigenvalue weighted by atomic mass is 10.3. The molecular weight excluding hydrogens is 444 g/mol. The number of hydrogen-bond donors (Lipinski definition) is 2. The molecule has 0 aliphatic rings. The van der Waals surface area contributed by atoms with E-state index in [4.69, 9.17) is 5.73 Å². The SMILES string of the molecule is Nc1cnn(CC(=O)Nc2c(Br)cc(Br)cc2Br)c1. The van der Waals surface area contributed by atoms with Crippen LogP contribution in [-0.2, 0) is 11.3 Å². The van der Waals surface area contributed by atoms with Gasteiger partial charge < -0.3 is 11.1 Å². The van der Waals surface area contributed by atoms with Crippen molar-refractivity contribution < 1.29 is 4.79 Å². The second-order valence-corrected chi connectivity index (χ2v) is 6.39. The van der Waals surface area contributed by atoms with Gasteiger partial charge in [0.25, 0.3) is 0 Å². The predicted molar refractivity (Wildman–Crippen MR) is 84.8 cm³/mol. The highest BCUT2D eigenvalue weighted by molar-refractivity contribution is 9.11. The molecule has 0 fully saturated rings. The number of amides is 1. The summed E-state index contributed by atoms with van der Waals surface area (Å²) in [5.74, 6) is -0.188. The van der Waals surface area contributed by atoms with Gasteiger partial charge in [-0.2, -0.15) is 5.10 Å². The maximum atomic E-state index is 11.9. The number of carbonyl (C=O) groups excluding carboxylic acids is 1. The number of nitrogens with zero attached hydrogens (tertiary/aromatic N) is 2. The second kappa shape index (κ2) is 6.06. The molecule has 1 amide bonds. The molecule has 8 heteroatoms. The number of carbonyl (C=O) groups is 1. The Kier molecular flexibility index (Phi) is 4.64. The lowest BCUT2D eigenvalue weighted by Gasteiger charge is -2.10. The van der Waals surface area contributed by atoms with Crippen molar-refractivity contribution in [1.82, 2.24) is 9.78 Å². The first kappa shape index (κ1) is 14.5. The molecule has 3 N–H and O–H groups in total. The summed E-state index contributed by atoms with van der Waals surface area (Å²) in [6.07, 6.45) is 3.10. The molecule has 0 spiro atoms. The number of hydrogen-bond acceptors (Lipinski definition) is 3. The molecule has 1 aromatic heterocycles. The molecule has 1 aromatic carbocycles. The van der Waals surface area contributed by atoms with E-state index in [2.05, 4.69) is 58.2 Å². The third-order valence-corrected chi connectivity index (χ3v) is 3.94. The van der Waals surface area contributed by atoms with E-state index in [1.807, 2.05) is 12.1 Å². The molecule has 0 unspecified atom stereocenters.